The van der Waals surface area contributed by atoms with E-state index in [1.165, 1.54) is 0 Å². The van der Waals surface area contributed by atoms with Crippen molar-refractivity contribution in [3.63, 3.8) is 0 Å². The van der Waals surface area contributed by atoms with Gasteiger partial charge in [-0.15, -0.1) is 0 Å². The first kappa shape index (κ1) is 12.5. The Hall–Kier alpha value is -0.610. The lowest BCUT2D eigenvalue weighted by molar-refractivity contribution is -0.120. The second-order valence-electron chi connectivity index (χ2n) is 5.24. The van der Waals surface area contributed by atoms with Crippen LogP contribution in [0.5, 0.6) is 0 Å². The van der Waals surface area contributed by atoms with Crippen LogP contribution in [0.25, 0.3) is 0 Å². The van der Waals surface area contributed by atoms with Crippen LogP contribution in [0.4, 0.5) is 0 Å². The molecule has 0 aromatic heterocycles. The molecular formula is C11H23N3O. The molecule has 1 rings (SSSR count). The Morgan fingerprint density at radius 1 is 1.60 bits per heavy atom. The molecule has 1 atom stereocenters. The number of rotatable bonds is 3. The van der Waals surface area contributed by atoms with Gasteiger partial charge in [0.15, 0.2) is 0 Å². The minimum absolute atomic E-state index is 0.127. The van der Waals surface area contributed by atoms with Crippen LogP contribution < -0.4 is 11.1 Å². The highest BCUT2D eigenvalue weighted by Gasteiger charge is 2.26. The Labute approximate surface area is 92.2 Å². The van der Waals surface area contributed by atoms with Gasteiger partial charge in [0.25, 0.3) is 0 Å². The summed E-state index contributed by atoms with van der Waals surface area (Å²) in [5.74, 6) is 0.162. The van der Waals surface area contributed by atoms with E-state index in [1.807, 2.05) is 0 Å². The molecule has 0 aromatic carbocycles. The van der Waals surface area contributed by atoms with Crippen LogP contribution in [0, 0.1) is 5.41 Å². The molecule has 88 valence electrons. The molecule has 0 radical (unpaired) electrons. The first-order valence-electron chi connectivity index (χ1n) is 5.65. The Morgan fingerprint density at radius 3 is 2.87 bits per heavy atom. The van der Waals surface area contributed by atoms with Gasteiger partial charge < -0.3 is 11.1 Å². The van der Waals surface area contributed by atoms with E-state index in [1.54, 1.807) is 0 Å². The van der Waals surface area contributed by atoms with Crippen LogP contribution >= 0.6 is 0 Å². The quantitative estimate of drug-likeness (QED) is 0.703. The Bertz CT molecular complexity index is 228. The van der Waals surface area contributed by atoms with Crippen LogP contribution in [-0.4, -0.2) is 43.0 Å². The Morgan fingerprint density at radius 2 is 2.27 bits per heavy atom. The number of nitrogens with one attached hydrogen (secondary N) is 1. The standard InChI is InChI=1S/C11H23N3O/c1-9-6-13-10(15)4-5-14(9)8-11(2,3)7-12/h9H,4-8,12H2,1-3H3,(H,13,15). The number of amides is 1. The van der Waals surface area contributed by atoms with E-state index >= 15 is 0 Å². The maximum atomic E-state index is 11.2. The summed E-state index contributed by atoms with van der Waals surface area (Å²) >= 11 is 0. The molecule has 0 saturated carbocycles. The van der Waals surface area contributed by atoms with Crippen LogP contribution in [0.3, 0.4) is 0 Å². The summed E-state index contributed by atoms with van der Waals surface area (Å²) < 4.78 is 0. The summed E-state index contributed by atoms with van der Waals surface area (Å²) in [5, 5.41) is 2.92. The van der Waals surface area contributed by atoms with Crippen LogP contribution in [0.1, 0.15) is 27.2 Å². The second kappa shape index (κ2) is 4.94. The van der Waals surface area contributed by atoms with Gasteiger partial charge in [0.1, 0.15) is 0 Å². The van der Waals surface area contributed by atoms with Crippen LogP contribution in [0.15, 0.2) is 0 Å². The van der Waals surface area contributed by atoms with E-state index in [-0.39, 0.29) is 11.3 Å². The molecule has 1 aliphatic heterocycles. The maximum absolute atomic E-state index is 11.2. The van der Waals surface area contributed by atoms with Gasteiger partial charge in [0.05, 0.1) is 0 Å². The van der Waals surface area contributed by atoms with Gasteiger partial charge in [0.2, 0.25) is 5.91 Å². The molecule has 1 unspecified atom stereocenters. The molecule has 0 aliphatic carbocycles. The van der Waals surface area contributed by atoms with E-state index in [0.717, 1.165) is 19.6 Å². The molecule has 0 bridgehead atoms. The largest absolute Gasteiger partial charge is 0.355 e. The minimum atomic E-state index is 0.127. The van der Waals surface area contributed by atoms with Gasteiger partial charge in [0, 0.05) is 32.1 Å². The van der Waals surface area contributed by atoms with E-state index in [4.69, 9.17) is 5.73 Å². The van der Waals surface area contributed by atoms with Crippen molar-refractivity contribution >= 4 is 5.91 Å². The summed E-state index contributed by atoms with van der Waals surface area (Å²) in [6.45, 7) is 9.71. The smallest absolute Gasteiger partial charge is 0.221 e. The number of nitrogens with zero attached hydrogens (tertiary/aromatic N) is 1. The topological polar surface area (TPSA) is 58.4 Å². The number of hydrogen-bond acceptors (Lipinski definition) is 3. The van der Waals surface area contributed by atoms with Gasteiger partial charge in [-0.3, -0.25) is 9.69 Å². The highest BCUT2D eigenvalue weighted by Crippen LogP contribution is 2.17. The fraction of sp³-hybridized carbons (Fsp3) is 0.909. The zero-order valence-electron chi connectivity index (χ0n) is 10.0. The SMILES string of the molecule is CC1CNC(=O)CCN1CC(C)(C)CN. The Kier molecular flexibility index (Phi) is 4.11. The number of hydrogen-bond donors (Lipinski definition) is 2. The predicted molar refractivity (Wildman–Crippen MR) is 61.5 cm³/mol. The van der Waals surface area contributed by atoms with Crippen molar-refractivity contribution in [2.75, 3.05) is 26.2 Å². The van der Waals surface area contributed by atoms with Crippen molar-refractivity contribution < 1.29 is 4.79 Å². The third-order valence-electron chi connectivity index (χ3n) is 3.03. The maximum Gasteiger partial charge on any atom is 0.221 e. The Balaban J connectivity index is 2.56. The molecule has 0 spiro atoms. The van der Waals surface area contributed by atoms with Crippen molar-refractivity contribution in [1.29, 1.82) is 0 Å². The van der Waals surface area contributed by atoms with Gasteiger partial charge in [-0.05, 0) is 18.9 Å². The molecule has 1 fully saturated rings. The van der Waals surface area contributed by atoms with Gasteiger partial charge in [-0.2, -0.15) is 0 Å². The van der Waals surface area contributed by atoms with Gasteiger partial charge >= 0.3 is 0 Å². The fourth-order valence-electron chi connectivity index (χ4n) is 1.79. The lowest BCUT2D eigenvalue weighted by Gasteiger charge is -2.34. The minimum Gasteiger partial charge on any atom is -0.355 e. The first-order valence-corrected chi connectivity index (χ1v) is 5.65. The van der Waals surface area contributed by atoms with E-state index in [0.29, 0.717) is 19.0 Å². The molecule has 3 N–H and O–H groups in total. The number of carbonyl (C=O) groups excluding carboxylic acids is 1. The zero-order chi connectivity index (χ0) is 11.5. The van der Waals surface area contributed by atoms with Crippen molar-refractivity contribution in [1.82, 2.24) is 10.2 Å². The second-order valence-corrected chi connectivity index (χ2v) is 5.24. The van der Waals surface area contributed by atoms with E-state index < -0.39 is 0 Å². The number of nitrogens with two attached hydrogens (primary N) is 1. The average Bonchev–Trinajstić information content (AvgIpc) is 2.33. The van der Waals surface area contributed by atoms with Crippen molar-refractivity contribution in [3.05, 3.63) is 0 Å². The third kappa shape index (κ3) is 3.80. The van der Waals surface area contributed by atoms with Crippen molar-refractivity contribution in [2.24, 2.45) is 11.1 Å². The van der Waals surface area contributed by atoms with Gasteiger partial charge in [-0.1, -0.05) is 13.8 Å². The predicted octanol–water partition coefficient (Wildman–Crippen LogP) is 0.182. The zero-order valence-corrected chi connectivity index (χ0v) is 10.0. The first-order chi connectivity index (χ1) is 6.94. The lowest BCUT2D eigenvalue weighted by atomic mass is 9.92. The highest BCUT2D eigenvalue weighted by molar-refractivity contribution is 5.76. The molecule has 1 amide bonds. The summed E-state index contributed by atoms with van der Waals surface area (Å²) in [4.78, 5) is 13.6. The van der Waals surface area contributed by atoms with Gasteiger partial charge in [-0.25, -0.2) is 0 Å². The third-order valence-corrected chi connectivity index (χ3v) is 3.03. The normalized spacial score (nSPS) is 24.8. The molecule has 1 aliphatic rings. The molecule has 1 saturated heterocycles. The number of carbonyl (C=O) groups is 1. The molecule has 4 heteroatoms. The molecular weight excluding hydrogens is 190 g/mol. The summed E-state index contributed by atoms with van der Waals surface area (Å²) in [7, 11) is 0. The average molecular weight is 213 g/mol. The fourth-order valence-corrected chi connectivity index (χ4v) is 1.79. The highest BCUT2D eigenvalue weighted by atomic mass is 16.1. The monoisotopic (exact) mass is 213 g/mol. The van der Waals surface area contributed by atoms with E-state index in [2.05, 4.69) is 31.0 Å². The lowest BCUT2D eigenvalue weighted by Crippen LogP contribution is -2.45. The van der Waals surface area contributed by atoms with Crippen LogP contribution in [-0.2, 0) is 4.79 Å². The van der Waals surface area contributed by atoms with Crippen molar-refractivity contribution in [3.8, 4) is 0 Å². The molecule has 1 heterocycles. The molecule has 4 nitrogen and oxygen atoms in total. The van der Waals surface area contributed by atoms with Crippen molar-refractivity contribution in [2.45, 2.75) is 33.2 Å². The molecule has 0 aromatic rings. The summed E-state index contributed by atoms with van der Waals surface area (Å²) in [6, 6.07) is 0.405. The summed E-state index contributed by atoms with van der Waals surface area (Å²) in [6.07, 6.45) is 0.602. The summed E-state index contributed by atoms with van der Waals surface area (Å²) in [5.41, 5.74) is 5.85. The molecule has 15 heavy (non-hydrogen) atoms. The van der Waals surface area contributed by atoms with E-state index in [9.17, 15) is 4.79 Å². The van der Waals surface area contributed by atoms with Crippen LogP contribution in [0.2, 0.25) is 0 Å².